The minimum absolute atomic E-state index is 0.0333. The number of carbonyl (C=O) groups is 2. The second-order valence-corrected chi connectivity index (χ2v) is 20.2. The summed E-state index contributed by atoms with van der Waals surface area (Å²) in [5, 5.41) is 0. The quantitative estimate of drug-likeness (QED) is 0.0345. The normalized spacial score (nSPS) is 13.1. The summed E-state index contributed by atoms with van der Waals surface area (Å²) in [6.45, 7) is 7.60. The van der Waals surface area contributed by atoms with Gasteiger partial charge in [0.2, 0.25) is 0 Å². The van der Waals surface area contributed by atoms with Crippen molar-refractivity contribution in [2.24, 2.45) is 0 Å². The van der Waals surface area contributed by atoms with Crippen molar-refractivity contribution in [3.63, 3.8) is 0 Å². The van der Waals surface area contributed by atoms with Crippen LogP contribution in [0.4, 0.5) is 0 Å². The molecule has 74 heavy (non-hydrogen) atoms. The Hall–Kier alpha value is -3.70. The van der Waals surface area contributed by atoms with Crippen LogP contribution in [0.5, 0.6) is 0 Å². The molecule has 0 aromatic heterocycles. The predicted molar refractivity (Wildman–Crippen MR) is 325 cm³/mol. The fourth-order valence-electron chi connectivity index (χ4n) is 8.36. The summed E-state index contributed by atoms with van der Waals surface area (Å²) in [5.74, 6) is -0.508. The maximum absolute atomic E-state index is 12.9. The number of esters is 2. The summed E-state index contributed by atoms with van der Waals surface area (Å²) in [6.07, 6.45) is 89.6. The van der Waals surface area contributed by atoms with E-state index in [9.17, 15) is 9.59 Å². The van der Waals surface area contributed by atoms with E-state index < -0.39 is 6.10 Å². The minimum atomic E-state index is -0.584. The summed E-state index contributed by atoms with van der Waals surface area (Å²) in [4.78, 5) is 25.6. The maximum Gasteiger partial charge on any atom is 0.306 e. The first kappa shape index (κ1) is 70.3. The van der Waals surface area contributed by atoms with Gasteiger partial charge >= 0.3 is 11.9 Å². The minimum Gasteiger partial charge on any atom is -0.462 e. The SMILES string of the molecule is CC/C=C\C/C=C\C/C=C\C/C=C\C/C=C\C/C=C\CCC(=O)OCC(COCCCCCCCCCCCC/C=C\CCCCCCCC)OC(=O)CCCCCCCC/C=C\C/C=C\C/C=C\CCCCC. The molecule has 1 atom stereocenters. The Bertz CT molecular complexity index is 1490. The molecule has 0 aliphatic heterocycles. The Kier molecular flexibility index (Phi) is 60.4. The van der Waals surface area contributed by atoms with Crippen LogP contribution in [-0.2, 0) is 23.8 Å². The molecule has 422 valence electrons. The van der Waals surface area contributed by atoms with E-state index >= 15 is 0 Å². The average Bonchev–Trinajstić information content (AvgIpc) is 3.40. The first-order chi connectivity index (χ1) is 36.6. The molecule has 5 heteroatoms. The molecule has 0 spiro atoms. The molecule has 5 nitrogen and oxygen atoms in total. The second kappa shape index (κ2) is 63.6. The summed E-state index contributed by atoms with van der Waals surface area (Å²) >= 11 is 0. The van der Waals surface area contributed by atoms with Crippen LogP contribution in [-0.4, -0.2) is 37.9 Å². The standard InChI is InChI=1S/C69H116O5/c1-4-7-10-13-16-19-22-25-28-31-34-37-40-43-46-49-52-55-58-61-64-72-65-67(74-69(71)63-60-57-54-51-48-45-42-39-36-33-30-27-24-21-18-15-12-9-6-3)66-73-68(70)62-59-56-53-50-47-44-41-38-35-32-29-26-23-20-17-14-11-8-5-2/h8,11,17-18,20-21,25-30,35-36,38-39,44,47,53,56,67H,4-7,9-10,12-16,19,22-24,31-34,37,40-43,45-46,48-52,54-55,57-66H2,1-3H3/b11-8-,20-17-,21-18-,28-25-,29-26-,30-27-,38-35-,39-36-,47-44-,56-53-. The van der Waals surface area contributed by atoms with E-state index in [1.165, 1.54) is 148 Å². The summed E-state index contributed by atoms with van der Waals surface area (Å²) in [5.41, 5.74) is 0. The van der Waals surface area contributed by atoms with Crippen molar-refractivity contribution in [3.05, 3.63) is 122 Å². The van der Waals surface area contributed by atoms with Gasteiger partial charge in [0.25, 0.3) is 0 Å². The number of hydrogen-bond donors (Lipinski definition) is 0. The lowest BCUT2D eigenvalue weighted by molar-refractivity contribution is -0.162. The Morgan fingerprint density at radius 1 is 0.311 bits per heavy atom. The molecule has 0 radical (unpaired) electrons. The van der Waals surface area contributed by atoms with E-state index in [0.717, 1.165) is 89.9 Å². The van der Waals surface area contributed by atoms with Gasteiger partial charge in [-0.05, 0) is 122 Å². The Morgan fingerprint density at radius 3 is 1.07 bits per heavy atom. The van der Waals surface area contributed by atoms with E-state index in [4.69, 9.17) is 14.2 Å². The van der Waals surface area contributed by atoms with Gasteiger partial charge < -0.3 is 14.2 Å². The molecule has 0 saturated heterocycles. The molecule has 0 aliphatic carbocycles. The van der Waals surface area contributed by atoms with Gasteiger partial charge in [0.05, 0.1) is 6.61 Å². The highest BCUT2D eigenvalue weighted by Crippen LogP contribution is 2.14. The molecular formula is C69H116O5. The zero-order chi connectivity index (χ0) is 53.4. The number of rotatable bonds is 56. The van der Waals surface area contributed by atoms with Gasteiger partial charge in [0.1, 0.15) is 6.61 Å². The molecule has 0 amide bonds. The zero-order valence-corrected chi connectivity index (χ0v) is 48.6. The molecule has 0 N–H and O–H groups in total. The lowest BCUT2D eigenvalue weighted by Gasteiger charge is -2.18. The fourth-order valence-corrected chi connectivity index (χ4v) is 8.36. The number of allylic oxidation sites excluding steroid dienone is 20. The lowest BCUT2D eigenvalue weighted by atomic mass is 10.1. The highest BCUT2D eigenvalue weighted by molar-refractivity contribution is 5.70. The number of ether oxygens (including phenoxy) is 3. The molecule has 0 bridgehead atoms. The van der Waals surface area contributed by atoms with Crippen molar-refractivity contribution >= 4 is 11.9 Å². The van der Waals surface area contributed by atoms with Crippen molar-refractivity contribution in [2.75, 3.05) is 19.8 Å². The Balaban J connectivity index is 4.43. The molecule has 0 aromatic carbocycles. The smallest absolute Gasteiger partial charge is 0.306 e. The van der Waals surface area contributed by atoms with Gasteiger partial charge in [0, 0.05) is 19.4 Å². The molecule has 0 aliphatic rings. The lowest BCUT2D eigenvalue weighted by Crippen LogP contribution is -2.30. The molecule has 0 rings (SSSR count). The fraction of sp³-hybridized carbons (Fsp3) is 0.681. The van der Waals surface area contributed by atoms with E-state index in [1.807, 2.05) is 6.08 Å². The van der Waals surface area contributed by atoms with E-state index in [-0.39, 0.29) is 25.2 Å². The monoisotopic (exact) mass is 1020 g/mol. The number of hydrogen-bond acceptors (Lipinski definition) is 5. The van der Waals surface area contributed by atoms with Gasteiger partial charge in [0.15, 0.2) is 6.10 Å². The van der Waals surface area contributed by atoms with Crippen molar-refractivity contribution < 1.29 is 23.8 Å². The Morgan fingerprint density at radius 2 is 0.635 bits per heavy atom. The number of carbonyl (C=O) groups excluding carboxylic acids is 2. The van der Waals surface area contributed by atoms with Crippen LogP contribution in [0.3, 0.4) is 0 Å². The molecule has 0 fully saturated rings. The highest BCUT2D eigenvalue weighted by atomic mass is 16.6. The second-order valence-electron chi connectivity index (χ2n) is 20.2. The zero-order valence-electron chi connectivity index (χ0n) is 48.6. The topological polar surface area (TPSA) is 61.8 Å². The summed E-state index contributed by atoms with van der Waals surface area (Å²) in [6, 6.07) is 0. The van der Waals surface area contributed by atoms with Gasteiger partial charge in [-0.15, -0.1) is 0 Å². The molecule has 1 unspecified atom stereocenters. The van der Waals surface area contributed by atoms with E-state index in [2.05, 4.69) is 136 Å². The van der Waals surface area contributed by atoms with Gasteiger partial charge in [-0.2, -0.15) is 0 Å². The van der Waals surface area contributed by atoms with Gasteiger partial charge in [-0.3, -0.25) is 9.59 Å². The first-order valence-electron chi connectivity index (χ1n) is 31.1. The maximum atomic E-state index is 12.9. The van der Waals surface area contributed by atoms with E-state index in [0.29, 0.717) is 25.9 Å². The Labute approximate surface area is 458 Å². The van der Waals surface area contributed by atoms with Crippen LogP contribution in [0.15, 0.2) is 122 Å². The van der Waals surface area contributed by atoms with Crippen LogP contribution in [0.25, 0.3) is 0 Å². The van der Waals surface area contributed by atoms with Gasteiger partial charge in [-0.25, -0.2) is 0 Å². The summed E-state index contributed by atoms with van der Waals surface area (Å²) < 4.78 is 17.4. The molecule has 0 heterocycles. The third kappa shape index (κ3) is 60.9. The van der Waals surface area contributed by atoms with Crippen molar-refractivity contribution in [1.82, 2.24) is 0 Å². The van der Waals surface area contributed by atoms with Crippen LogP contribution in [0.1, 0.15) is 278 Å². The van der Waals surface area contributed by atoms with Crippen LogP contribution in [0, 0.1) is 0 Å². The van der Waals surface area contributed by atoms with Crippen LogP contribution in [0.2, 0.25) is 0 Å². The highest BCUT2D eigenvalue weighted by Gasteiger charge is 2.17. The predicted octanol–water partition coefficient (Wildman–Crippen LogP) is 21.7. The third-order valence-electron chi connectivity index (χ3n) is 13.0. The third-order valence-corrected chi connectivity index (χ3v) is 13.0. The van der Waals surface area contributed by atoms with Crippen LogP contribution >= 0.6 is 0 Å². The molecule has 0 aromatic rings. The molecule has 0 saturated carbocycles. The van der Waals surface area contributed by atoms with Gasteiger partial charge in [-0.1, -0.05) is 264 Å². The average molecular weight is 1030 g/mol. The summed E-state index contributed by atoms with van der Waals surface area (Å²) in [7, 11) is 0. The molecular weight excluding hydrogens is 909 g/mol. The number of unbranched alkanes of at least 4 members (excludes halogenated alkanes) is 25. The first-order valence-corrected chi connectivity index (χ1v) is 31.1. The largest absolute Gasteiger partial charge is 0.462 e. The van der Waals surface area contributed by atoms with Crippen molar-refractivity contribution in [3.8, 4) is 0 Å². The van der Waals surface area contributed by atoms with Crippen molar-refractivity contribution in [1.29, 1.82) is 0 Å². The van der Waals surface area contributed by atoms with Crippen molar-refractivity contribution in [2.45, 2.75) is 284 Å². The van der Waals surface area contributed by atoms with E-state index in [1.54, 1.807) is 0 Å². The van der Waals surface area contributed by atoms with Crippen LogP contribution < -0.4 is 0 Å².